The maximum atomic E-state index is 6.21. The van der Waals surface area contributed by atoms with Gasteiger partial charge in [-0.3, -0.25) is 4.90 Å². The average molecular weight is 365 g/mol. The van der Waals surface area contributed by atoms with Crippen LogP contribution in [0, 0.1) is 11.8 Å². The van der Waals surface area contributed by atoms with Crippen molar-refractivity contribution < 1.29 is 4.98 Å². The first kappa shape index (κ1) is 17.9. The topological polar surface area (TPSA) is 107 Å². The number of fused-ring (bicyclic) bond motifs is 1. The van der Waals surface area contributed by atoms with Gasteiger partial charge >= 0.3 is 5.95 Å². The predicted molar refractivity (Wildman–Crippen MR) is 101 cm³/mol. The molecule has 25 heavy (non-hydrogen) atoms. The molecule has 1 saturated heterocycles. The summed E-state index contributed by atoms with van der Waals surface area (Å²) in [4.78, 5) is 14.2. The molecule has 136 valence electrons. The summed E-state index contributed by atoms with van der Waals surface area (Å²) in [5, 5.41) is 3.93. The summed E-state index contributed by atoms with van der Waals surface area (Å²) in [6, 6.07) is 0.464. The van der Waals surface area contributed by atoms with Crippen molar-refractivity contribution in [1.29, 1.82) is 0 Å². The van der Waals surface area contributed by atoms with Crippen LogP contribution in [0.25, 0.3) is 0 Å². The molecule has 3 atom stereocenters. The van der Waals surface area contributed by atoms with Crippen molar-refractivity contribution in [2.24, 2.45) is 28.3 Å². The zero-order valence-corrected chi connectivity index (χ0v) is 15.6. The molecule has 0 aromatic carbocycles. The van der Waals surface area contributed by atoms with Gasteiger partial charge in [-0.25, -0.2) is 4.98 Å². The van der Waals surface area contributed by atoms with E-state index >= 15 is 0 Å². The van der Waals surface area contributed by atoms with Gasteiger partial charge in [-0.05, 0) is 62.2 Å². The first-order valence-corrected chi connectivity index (χ1v) is 9.11. The Labute approximate surface area is 153 Å². The number of aromatic amines is 1. The van der Waals surface area contributed by atoms with Crippen LogP contribution in [0.2, 0.25) is 5.02 Å². The number of nitrogens with zero attached hydrogens (tertiary/aromatic N) is 3. The van der Waals surface area contributed by atoms with Crippen LogP contribution in [0.3, 0.4) is 0 Å². The molecule has 2 aliphatic rings. The van der Waals surface area contributed by atoms with E-state index in [1.165, 1.54) is 25.8 Å². The quantitative estimate of drug-likeness (QED) is 0.550. The Morgan fingerprint density at radius 2 is 2.16 bits per heavy atom. The van der Waals surface area contributed by atoms with Gasteiger partial charge < -0.3 is 16.8 Å². The lowest BCUT2D eigenvalue weighted by molar-refractivity contribution is -0.368. The van der Waals surface area contributed by atoms with E-state index in [4.69, 9.17) is 23.1 Å². The highest BCUT2D eigenvalue weighted by Gasteiger charge is 2.37. The van der Waals surface area contributed by atoms with Gasteiger partial charge in [0.2, 0.25) is 0 Å². The van der Waals surface area contributed by atoms with Crippen LogP contribution in [0.5, 0.6) is 0 Å². The fourth-order valence-corrected chi connectivity index (χ4v) is 3.96. The molecule has 1 aromatic rings. The first-order chi connectivity index (χ1) is 11.9. The third kappa shape index (κ3) is 4.22. The van der Waals surface area contributed by atoms with E-state index < -0.39 is 0 Å². The molecule has 6 N–H and O–H groups in total. The van der Waals surface area contributed by atoms with Crippen LogP contribution in [-0.2, 0) is 0 Å². The number of hydrogen-bond acceptors (Lipinski definition) is 5. The van der Waals surface area contributed by atoms with Crippen molar-refractivity contribution in [2.45, 2.75) is 32.2 Å². The second kappa shape index (κ2) is 7.58. The van der Waals surface area contributed by atoms with Crippen molar-refractivity contribution in [3.05, 3.63) is 23.0 Å². The number of nitrogens with one attached hydrogen (secondary N) is 2. The summed E-state index contributed by atoms with van der Waals surface area (Å²) in [6.45, 7) is 4.05. The maximum Gasteiger partial charge on any atom is 0.393 e. The fraction of sp³-hybridized carbons (Fsp3) is 0.588. The molecule has 3 unspecified atom stereocenters. The Kier molecular flexibility index (Phi) is 5.44. The Morgan fingerprint density at radius 1 is 1.40 bits per heavy atom. The van der Waals surface area contributed by atoms with E-state index in [0.717, 1.165) is 24.3 Å². The Morgan fingerprint density at radius 3 is 2.92 bits per heavy atom. The second-order valence-electron chi connectivity index (χ2n) is 7.08. The van der Waals surface area contributed by atoms with Crippen LogP contribution in [-0.4, -0.2) is 37.0 Å². The summed E-state index contributed by atoms with van der Waals surface area (Å²) < 4.78 is 0. The number of hydrogen-bond donors (Lipinski definition) is 3. The van der Waals surface area contributed by atoms with E-state index in [9.17, 15) is 0 Å². The number of anilines is 1. The number of amidine groups is 1. The molecular weight excluding hydrogens is 338 g/mol. The van der Waals surface area contributed by atoms with E-state index in [-0.39, 0.29) is 5.84 Å². The van der Waals surface area contributed by atoms with Crippen LogP contribution < -0.4 is 26.7 Å². The molecule has 1 saturated carbocycles. The molecule has 1 aliphatic heterocycles. The largest absolute Gasteiger partial charge is 0.402 e. The van der Waals surface area contributed by atoms with Crippen LogP contribution >= 0.6 is 11.6 Å². The second-order valence-corrected chi connectivity index (χ2v) is 7.48. The highest BCUT2D eigenvalue weighted by atomic mass is 35.5. The molecule has 3 rings (SSSR count). The molecule has 8 heteroatoms. The number of rotatable bonds is 4. The maximum absolute atomic E-state index is 6.21. The third-order valence-electron chi connectivity index (χ3n) is 5.17. The standard InChI is InChI=1S/C17H26ClN7/c1-10(19)5-15(20)23-16-14(18)9-22-17(24-16)25(2)13-4-3-11-7-21-8-12(11)6-13/h5,9,11-13,21H,3-4,6-8,19H2,1-2H3,(H2,20,22,23,24)/p+1/b10-5-. The normalized spacial score (nSPS) is 27.2. The number of aromatic nitrogens is 2. The number of H-pyrrole nitrogens is 1. The smallest absolute Gasteiger partial charge is 0.393 e. The molecule has 1 aliphatic carbocycles. The number of halogens is 1. The first-order valence-electron chi connectivity index (χ1n) is 8.73. The van der Waals surface area contributed by atoms with E-state index in [2.05, 4.69) is 32.2 Å². The van der Waals surface area contributed by atoms with Gasteiger partial charge in [0.1, 0.15) is 10.9 Å². The van der Waals surface area contributed by atoms with E-state index in [1.54, 1.807) is 19.2 Å². The average Bonchev–Trinajstić information content (AvgIpc) is 3.03. The zero-order valence-electron chi connectivity index (χ0n) is 14.8. The minimum Gasteiger partial charge on any atom is -0.402 e. The molecular formula is C17H27ClN7+. The number of nitrogens with two attached hydrogens (primary N) is 2. The minimum atomic E-state index is 0.284. The molecule has 2 fully saturated rings. The fourth-order valence-electron chi connectivity index (χ4n) is 3.82. The van der Waals surface area contributed by atoms with Crippen LogP contribution in [0.1, 0.15) is 26.2 Å². The Bertz CT molecular complexity index is 684. The van der Waals surface area contributed by atoms with Gasteiger partial charge in [0.05, 0.1) is 19.3 Å². The van der Waals surface area contributed by atoms with E-state index in [0.29, 0.717) is 22.6 Å². The molecule has 2 heterocycles. The van der Waals surface area contributed by atoms with Gasteiger partial charge in [0.15, 0.2) is 0 Å². The van der Waals surface area contributed by atoms with Crippen LogP contribution in [0.4, 0.5) is 11.8 Å². The number of allylic oxidation sites excluding steroid dienone is 1. The van der Waals surface area contributed by atoms with Crippen molar-refractivity contribution in [3.63, 3.8) is 0 Å². The minimum absolute atomic E-state index is 0.284. The third-order valence-corrected chi connectivity index (χ3v) is 5.45. The lowest BCUT2D eigenvalue weighted by Crippen LogP contribution is -2.41. The summed E-state index contributed by atoms with van der Waals surface area (Å²) in [5.41, 5.74) is 12.1. The summed E-state index contributed by atoms with van der Waals surface area (Å²) in [6.07, 6.45) is 6.91. The van der Waals surface area contributed by atoms with Crippen molar-refractivity contribution in [2.75, 3.05) is 25.0 Å². The highest BCUT2D eigenvalue weighted by Crippen LogP contribution is 2.35. The highest BCUT2D eigenvalue weighted by molar-refractivity contribution is 6.32. The Hall–Kier alpha value is -1.86. The summed E-state index contributed by atoms with van der Waals surface area (Å²) in [7, 11) is 2.07. The predicted octanol–water partition coefficient (Wildman–Crippen LogP) is 1.22. The molecule has 0 amide bonds. The zero-order chi connectivity index (χ0) is 18.0. The van der Waals surface area contributed by atoms with Gasteiger partial charge in [0, 0.05) is 5.70 Å². The summed E-state index contributed by atoms with van der Waals surface area (Å²) >= 11 is 6.21. The molecule has 7 nitrogen and oxygen atoms in total. The summed E-state index contributed by atoms with van der Waals surface area (Å²) in [5.74, 6) is 3.02. The molecule has 1 aromatic heterocycles. The van der Waals surface area contributed by atoms with Crippen molar-refractivity contribution >= 4 is 29.2 Å². The molecule has 0 radical (unpaired) electrons. The van der Waals surface area contributed by atoms with E-state index in [1.807, 2.05) is 0 Å². The molecule has 0 spiro atoms. The monoisotopic (exact) mass is 364 g/mol. The molecule has 0 bridgehead atoms. The van der Waals surface area contributed by atoms with Gasteiger partial charge in [-0.15, -0.1) is 0 Å². The van der Waals surface area contributed by atoms with Gasteiger partial charge in [0.25, 0.3) is 5.82 Å². The Balaban J connectivity index is 1.78. The lowest BCUT2D eigenvalue weighted by Gasteiger charge is -2.33. The number of aliphatic imine (C=N–C) groups is 1. The lowest BCUT2D eigenvalue weighted by atomic mass is 9.79. The van der Waals surface area contributed by atoms with Gasteiger partial charge in [-0.2, -0.15) is 4.99 Å². The SMILES string of the molecule is C/C(N)=C/C(N)=Nc1nc(N(C)C2CCC3CNCC3C2)[nH+]cc1Cl. The van der Waals surface area contributed by atoms with Crippen molar-refractivity contribution in [1.82, 2.24) is 10.3 Å². The van der Waals surface area contributed by atoms with Gasteiger partial charge in [-0.1, -0.05) is 11.6 Å². The van der Waals surface area contributed by atoms with Crippen molar-refractivity contribution in [3.8, 4) is 0 Å². The van der Waals surface area contributed by atoms with Crippen LogP contribution in [0.15, 0.2) is 23.0 Å².